The molecule has 0 atom stereocenters. The van der Waals surface area contributed by atoms with Gasteiger partial charge in [-0.1, -0.05) is 12.1 Å². The number of hydrogen-bond acceptors (Lipinski definition) is 9. The van der Waals surface area contributed by atoms with Gasteiger partial charge in [-0.3, -0.25) is 0 Å². The smallest absolute Gasteiger partial charge is 0.233 e. The molecule has 2 aliphatic heterocycles. The van der Waals surface area contributed by atoms with Gasteiger partial charge in [0.1, 0.15) is 0 Å². The number of fused-ring (bicyclic) bond motifs is 1. The van der Waals surface area contributed by atoms with Crippen molar-refractivity contribution in [2.45, 2.75) is 20.4 Å². The molecule has 3 aromatic rings. The number of rotatable bonds is 6. The van der Waals surface area contributed by atoms with E-state index in [0.29, 0.717) is 37.6 Å². The molecule has 3 heterocycles. The van der Waals surface area contributed by atoms with Crippen LogP contribution in [0.5, 0.6) is 11.5 Å². The van der Waals surface area contributed by atoms with E-state index >= 15 is 0 Å². The molecule has 1 fully saturated rings. The number of aromatic nitrogens is 3. The van der Waals surface area contributed by atoms with Gasteiger partial charge in [0.05, 0.1) is 13.2 Å². The van der Waals surface area contributed by atoms with Crippen LogP contribution in [-0.2, 0) is 11.3 Å². The summed E-state index contributed by atoms with van der Waals surface area (Å²) in [6, 6.07) is 12.1. The van der Waals surface area contributed by atoms with Gasteiger partial charge in [0.25, 0.3) is 0 Å². The second-order valence-corrected chi connectivity index (χ2v) is 7.85. The summed E-state index contributed by atoms with van der Waals surface area (Å²) in [6.45, 7) is 7.80. The first-order valence-corrected chi connectivity index (χ1v) is 10.7. The van der Waals surface area contributed by atoms with Crippen LogP contribution in [0.3, 0.4) is 0 Å². The van der Waals surface area contributed by atoms with Crippen LogP contribution in [0.1, 0.15) is 16.7 Å². The first kappa shape index (κ1) is 20.3. The molecule has 32 heavy (non-hydrogen) atoms. The molecule has 0 unspecified atom stereocenters. The van der Waals surface area contributed by atoms with Crippen molar-refractivity contribution in [2.24, 2.45) is 0 Å². The average molecular weight is 435 g/mol. The zero-order chi connectivity index (χ0) is 21.9. The number of ether oxygens (including phenoxy) is 3. The van der Waals surface area contributed by atoms with E-state index < -0.39 is 0 Å². The van der Waals surface area contributed by atoms with E-state index in [2.05, 4.69) is 56.5 Å². The fourth-order valence-corrected chi connectivity index (χ4v) is 3.58. The third-order valence-electron chi connectivity index (χ3n) is 5.57. The number of anilines is 4. The van der Waals surface area contributed by atoms with Crippen molar-refractivity contribution in [2.75, 3.05) is 48.6 Å². The van der Waals surface area contributed by atoms with Crippen molar-refractivity contribution < 1.29 is 14.2 Å². The first-order valence-electron chi connectivity index (χ1n) is 10.7. The maximum atomic E-state index is 5.48. The van der Waals surface area contributed by atoms with E-state index in [9.17, 15) is 0 Å². The number of hydrogen-bond donors (Lipinski definition) is 2. The Kier molecular flexibility index (Phi) is 5.64. The number of nitrogens with one attached hydrogen (secondary N) is 2. The largest absolute Gasteiger partial charge is 0.454 e. The Morgan fingerprint density at radius 1 is 0.875 bits per heavy atom. The van der Waals surface area contributed by atoms with Crippen LogP contribution in [0, 0.1) is 13.8 Å². The van der Waals surface area contributed by atoms with Crippen LogP contribution < -0.4 is 25.0 Å². The van der Waals surface area contributed by atoms with Crippen molar-refractivity contribution in [3.8, 4) is 11.5 Å². The Morgan fingerprint density at radius 3 is 2.53 bits per heavy atom. The van der Waals surface area contributed by atoms with Crippen LogP contribution in [0.25, 0.3) is 0 Å². The zero-order valence-electron chi connectivity index (χ0n) is 18.2. The Morgan fingerprint density at radius 2 is 1.69 bits per heavy atom. The molecule has 0 spiro atoms. The highest BCUT2D eigenvalue weighted by molar-refractivity contribution is 5.58. The van der Waals surface area contributed by atoms with Crippen LogP contribution in [0.15, 0.2) is 36.4 Å². The topological polar surface area (TPSA) is 93.7 Å². The maximum Gasteiger partial charge on any atom is 0.233 e. The van der Waals surface area contributed by atoms with E-state index in [0.717, 1.165) is 35.8 Å². The lowest BCUT2D eigenvalue weighted by Gasteiger charge is -2.27. The van der Waals surface area contributed by atoms with Crippen LogP contribution in [0.2, 0.25) is 0 Å². The van der Waals surface area contributed by atoms with E-state index in [-0.39, 0.29) is 6.79 Å². The van der Waals surface area contributed by atoms with Crippen LogP contribution >= 0.6 is 0 Å². The molecule has 0 aliphatic carbocycles. The minimum Gasteiger partial charge on any atom is -0.454 e. The quantitative estimate of drug-likeness (QED) is 0.605. The molecular formula is C23H26N6O3. The minimum atomic E-state index is 0.260. The van der Waals surface area contributed by atoms with Crippen LogP contribution in [0.4, 0.5) is 23.5 Å². The van der Waals surface area contributed by atoms with Crippen molar-refractivity contribution >= 4 is 23.5 Å². The standard InChI is InChI=1S/C23H26N6O3/c1-15-3-5-18(11-16(15)2)25-22-26-21(27-23(28-22)29-7-9-30-10-8-29)24-13-17-4-6-19-20(12-17)32-14-31-19/h3-6,11-12H,7-10,13-14H2,1-2H3,(H2,24,25,26,27,28). The molecule has 1 aromatic heterocycles. The predicted octanol–water partition coefficient (Wildman–Crippen LogP) is 3.41. The van der Waals surface area contributed by atoms with Gasteiger partial charge < -0.3 is 29.7 Å². The van der Waals surface area contributed by atoms with Gasteiger partial charge in [-0.05, 0) is 54.8 Å². The summed E-state index contributed by atoms with van der Waals surface area (Å²) in [4.78, 5) is 16.0. The molecule has 0 bridgehead atoms. The van der Waals surface area contributed by atoms with Gasteiger partial charge in [-0.15, -0.1) is 0 Å². The third-order valence-corrected chi connectivity index (χ3v) is 5.57. The normalized spacial score (nSPS) is 15.0. The third kappa shape index (κ3) is 4.52. The summed E-state index contributed by atoms with van der Waals surface area (Å²) >= 11 is 0. The second kappa shape index (κ2) is 8.88. The molecular weight excluding hydrogens is 408 g/mol. The molecule has 0 saturated carbocycles. The Hall–Kier alpha value is -3.59. The van der Waals surface area contributed by atoms with Crippen molar-refractivity contribution in [3.63, 3.8) is 0 Å². The average Bonchev–Trinajstić information content (AvgIpc) is 3.29. The molecule has 1 saturated heterocycles. The SMILES string of the molecule is Cc1ccc(Nc2nc(NCc3ccc4c(c3)OCO4)nc(N3CCOCC3)n2)cc1C. The van der Waals surface area contributed by atoms with Gasteiger partial charge in [-0.2, -0.15) is 15.0 Å². The lowest BCUT2D eigenvalue weighted by molar-refractivity contribution is 0.122. The molecule has 2 N–H and O–H groups in total. The monoisotopic (exact) mass is 434 g/mol. The molecule has 9 heteroatoms. The predicted molar refractivity (Wildman–Crippen MR) is 122 cm³/mol. The molecule has 166 valence electrons. The van der Waals surface area contributed by atoms with Gasteiger partial charge in [0.2, 0.25) is 24.6 Å². The second-order valence-electron chi connectivity index (χ2n) is 7.85. The maximum absolute atomic E-state index is 5.48. The molecule has 0 amide bonds. The fraction of sp³-hybridized carbons (Fsp3) is 0.348. The number of aryl methyl sites for hydroxylation is 2. The number of benzene rings is 2. The van der Waals surface area contributed by atoms with E-state index in [1.165, 1.54) is 11.1 Å². The van der Waals surface area contributed by atoms with Crippen molar-refractivity contribution in [1.29, 1.82) is 0 Å². The Labute approximate surface area is 186 Å². The highest BCUT2D eigenvalue weighted by atomic mass is 16.7. The van der Waals surface area contributed by atoms with Crippen molar-refractivity contribution in [1.82, 2.24) is 15.0 Å². The van der Waals surface area contributed by atoms with Gasteiger partial charge in [0.15, 0.2) is 11.5 Å². The minimum absolute atomic E-state index is 0.260. The fourth-order valence-electron chi connectivity index (χ4n) is 3.58. The van der Waals surface area contributed by atoms with Gasteiger partial charge in [-0.25, -0.2) is 0 Å². The first-order chi connectivity index (χ1) is 15.6. The molecule has 5 rings (SSSR count). The number of nitrogens with zero attached hydrogens (tertiary/aromatic N) is 4. The lowest BCUT2D eigenvalue weighted by atomic mass is 10.1. The summed E-state index contributed by atoms with van der Waals surface area (Å²) in [5, 5.41) is 6.65. The van der Waals surface area contributed by atoms with E-state index in [1.807, 2.05) is 24.3 Å². The van der Waals surface area contributed by atoms with Crippen molar-refractivity contribution in [3.05, 3.63) is 53.1 Å². The molecule has 9 nitrogen and oxygen atoms in total. The lowest BCUT2D eigenvalue weighted by Crippen LogP contribution is -2.37. The van der Waals surface area contributed by atoms with E-state index in [4.69, 9.17) is 14.2 Å². The van der Waals surface area contributed by atoms with Gasteiger partial charge in [0, 0.05) is 25.3 Å². The van der Waals surface area contributed by atoms with E-state index in [1.54, 1.807) is 0 Å². The summed E-state index contributed by atoms with van der Waals surface area (Å²) in [5.74, 6) is 3.15. The summed E-state index contributed by atoms with van der Waals surface area (Å²) < 4.78 is 16.3. The summed E-state index contributed by atoms with van der Waals surface area (Å²) in [7, 11) is 0. The molecule has 2 aromatic carbocycles. The Balaban J connectivity index is 1.38. The Bertz CT molecular complexity index is 1120. The summed E-state index contributed by atoms with van der Waals surface area (Å²) in [6.07, 6.45) is 0. The molecule has 2 aliphatic rings. The molecule has 0 radical (unpaired) electrons. The van der Waals surface area contributed by atoms with Crippen LogP contribution in [-0.4, -0.2) is 48.0 Å². The summed E-state index contributed by atoms with van der Waals surface area (Å²) in [5.41, 5.74) is 4.44. The highest BCUT2D eigenvalue weighted by Crippen LogP contribution is 2.32. The zero-order valence-corrected chi connectivity index (χ0v) is 18.2. The van der Waals surface area contributed by atoms with Gasteiger partial charge >= 0.3 is 0 Å². The number of morpholine rings is 1. The highest BCUT2D eigenvalue weighted by Gasteiger charge is 2.17.